The van der Waals surface area contributed by atoms with Crippen LogP contribution in [0, 0.1) is 0 Å². The number of aryl methyl sites for hydroxylation is 1. The van der Waals surface area contributed by atoms with E-state index in [-0.39, 0.29) is 0 Å². The molecule has 0 bridgehead atoms. The quantitative estimate of drug-likeness (QED) is 0.758. The number of hydrogen-bond donors (Lipinski definition) is 0. The van der Waals surface area contributed by atoms with Gasteiger partial charge in [-0.05, 0) is 40.7 Å². The molecule has 0 atom stereocenters. The van der Waals surface area contributed by atoms with Crippen LogP contribution in [-0.2, 0) is 17.9 Å². The lowest BCUT2D eigenvalue weighted by atomic mass is 9.81. The van der Waals surface area contributed by atoms with Gasteiger partial charge in [-0.25, -0.2) is 0 Å². The maximum absolute atomic E-state index is 12.5. The average Bonchev–Trinajstić information content (AvgIpc) is 2.94. The Labute approximate surface area is 123 Å². The standard InChI is InChI=1S/C18H16OS/c19-16-8-4-7-13-9-14-10-20-11-15(14)17(18(13)16)12-5-2-1-3-6-12/h1-3,5-6,9H,4,7-8,10-11H2. The summed E-state index contributed by atoms with van der Waals surface area (Å²) in [5.41, 5.74) is 7.58. The van der Waals surface area contributed by atoms with E-state index in [0.29, 0.717) is 12.2 Å². The lowest BCUT2D eigenvalue weighted by molar-refractivity contribution is 0.0973. The molecule has 0 amide bonds. The van der Waals surface area contributed by atoms with E-state index >= 15 is 0 Å². The molecule has 1 aliphatic carbocycles. The Morgan fingerprint density at radius 3 is 2.60 bits per heavy atom. The molecule has 20 heavy (non-hydrogen) atoms. The highest BCUT2D eigenvalue weighted by Gasteiger charge is 2.27. The molecule has 1 nitrogen and oxygen atoms in total. The van der Waals surface area contributed by atoms with E-state index in [4.69, 9.17) is 0 Å². The van der Waals surface area contributed by atoms with Crippen molar-refractivity contribution in [1.29, 1.82) is 0 Å². The fraction of sp³-hybridized carbons (Fsp3) is 0.278. The maximum Gasteiger partial charge on any atom is 0.163 e. The molecule has 0 unspecified atom stereocenters. The highest BCUT2D eigenvalue weighted by molar-refractivity contribution is 7.98. The van der Waals surface area contributed by atoms with Crippen molar-refractivity contribution < 1.29 is 4.79 Å². The van der Waals surface area contributed by atoms with Gasteiger partial charge in [0.1, 0.15) is 0 Å². The van der Waals surface area contributed by atoms with Crippen molar-refractivity contribution in [1.82, 2.24) is 0 Å². The Balaban J connectivity index is 2.05. The molecule has 100 valence electrons. The van der Waals surface area contributed by atoms with Crippen LogP contribution in [0.25, 0.3) is 11.1 Å². The van der Waals surface area contributed by atoms with Crippen molar-refractivity contribution >= 4 is 17.5 Å². The highest BCUT2D eigenvalue weighted by Crippen LogP contribution is 2.42. The van der Waals surface area contributed by atoms with Crippen molar-refractivity contribution in [3.8, 4) is 11.1 Å². The van der Waals surface area contributed by atoms with Gasteiger partial charge in [0, 0.05) is 23.5 Å². The Morgan fingerprint density at radius 2 is 1.75 bits per heavy atom. The first-order chi connectivity index (χ1) is 9.84. The van der Waals surface area contributed by atoms with E-state index in [2.05, 4.69) is 30.3 Å². The summed E-state index contributed by atoms with van der Waals surface area (Å²) in [6.45, 7) is 0. The molecular formula is C18H16OS. The van der Waals surface area contributed by atoms with Crippen molar-refractivity contribution in [3.05, 3.63) is 58.7 Å². The number of Topliss-reactive ketones (excluding diaryl/α,β-unsaturated/α-hetero) is 1. The fourth-order valence-corrected chi connectivity index (χ4v) is 4.52. The van der Waals surface area contributed by atoms with Gasteiger partial charge in [-0.1, -0.05) is 36.4 Å². The number of carbonyl (C=O) groups excluding carboxylic acids is 1. The Bertz CT molecular complexity index is 688. The van der Waals surface area contributed by atoms with Crippen LogP contribution in [0.15, 0.2) is 36.4 Å². The smallest absolute Gasteiger partial charge is 0.163 e. The van der Waals surface area contributed by atoms with Gasteiger partial charge in [-0.15, -0.1) is 0 Å². The van der Waals surface area contributed by atoms with Gasteiger partial charge in [-0.3, -0.25) is 4.79 Å². The van der Waals surface area contributed by atoms with E-state index in [9.17, 15) is 4.79 Å². The first-order valence-electron chi connectivity index (χ1n) is 7.18. The fourth-order valence-electron chi connectivity index (χ4n) is 3.40. The highest BCUT2D eigenvalue weighted by atomic mass is 32.2. The Hall–Kier alpha value is -1.54. The van der Waals surface area contributed by atoms with Crippen LogP contribution in [0.3, 0.4) is 0 Å². The largest absolute Gasteiger partial charge is 0.294 e. The first-order valence-corrected chi connectivity index (χ1v) is 8.34. The molecule has 0 saturated heterocycles. The molecule has 0 radical (unpaired) electrons. The van der Waals surface area contributed by atoms with Crippen LogP contribution >= 0.6 is 11.8 Å². The summed E-state index contributed by atoms with van der Waals surface area (Å²) in [7, 11) is 0. The third kappa shape index (κ3) is 1.82. The minimum Gasteiger partial charge on any atom is -0.294 e. The van der Waals surface area contributed by atoms with Gasteiger partial charge in [0.25, 0.3) is 0 Å². The van der Waals surface area contributed by atoms with Crippen molar-refractivity contribution in [2.75, 3.05) is 0 Å². The third-order valence-corrected chi connectivity index (χ3v) is 5.31. The number of carbonyl (C=O) groups is 1. The summed E-state index contributed by atoms with van der Waals surface area (Å²) in [4.78, 5) is 12.5. The third-order valence-electron chi connectivity index (χ3n) is 4.30. The van der Waals surface area contributed by atoms with E-state index < -0.39 is 0 Å². The van der Waals surface area contributed by atoms with Gasteiger partial charge < -0.3 is 0 Å². The second kappa shape index (κ2) is 4.78. The predicted octanol–water partition coefficient (Wildman–Crippen LogP) is 4.62. The molecule has 1 heterocycles. The molecule has 0 N–H and O–H groups in total. The normalized spacial score (nSPS) is 16.9. The molecule has 2 aromatic rings. The van der Waals surface area contributed by atoms with Crippen molar-refractivity contribution in [2.45, 2.75) is 30.8 Å². The predicted molar refractivity (Wildman–Crippen MR) is 84.1 cm³/mol. The van der Waals surface area contributed by atoms with Gasteiger partial charge in [0.2, 0.25) is 0 Å². The molecule has 2 aliphatic rings. The number of thioether (sulfide) groups is 1. The molecule has 2 heteroatoms. The van der Waals surface area contributed by atoms with Gasteiger partial charge >= 0.3 is 0 Å². The zero-order chi connectivity index (χ0) is 13.5. The SMILES string of the molecule is O=C1CCCc2cc3c(c(-c4ccccc4)c21)CSC3. The van der Waals surface area contributed by atoms with Gasteiger partial charge in [0.05, 0.1) is 0 Å². The second-order valence-corrected chi connectivity index (χ2v) is 6.54. The lowest BCUT2D eigenvalue weighted by Gasteiger charge is -2.22. The van der Waals surface area contributed by atoms with Gasteiger partial charge in [0.15, 0.2) is 5.78 Å². The average molecular weight is 280 g/mol. The van der Waals surface area contributed by atoms with E-state index in [1.54, 1.807) is 0 Å². The van der Waals surface area contributed by atoms with Gasteiger partial charge in [-0.2, -0.15) is 11.8 Å². The topological polar surface area (TPSA) is 17.1 Å². The number of ketones is 1. The summed E-state index contributed by atoms with van der Waals surface area (Å²) in [5.74, 6) is 2.47. The van der Waals surface area contributed by atoms with Crippen molar-refractivity contribution in [3.63, 3.8) is 0 Å². The number of hydrogen-bond acceptors (Lipinski definition) is 2. The zero-order valence-corrected chi connectivity index (χ0v) is 12.1. The Kier molecular flexibility index (Phi) is 2.92. The number of rotatable bonds is 1. The number of fused-ring (bicyclic) bond motifs is 2. The minimum atomic E-state index is 0.338. The molecule has 2 aromatic carbocycles. The Morgan fingerprint density at radius 1 is 0.900 bits per heavy atom. The molecule has 0 fully saturated rings. The van der Waals surface area contributed by atoms with Crippen LogP contribution < -0.4 is 0 Å². The lowest BCUT2D eigenvalue weighted by Crippen LogP contribution is -2.14. The van der Waals surface area contributed by atoms with Crippen molar-refractivity contribution in [2.24, 2.45) is 0 Å². The summed E-state index contributed by atoms with van der Waals surface area (Å²) < 4.78 is 0. The molecule has 0 spiro atoms. The molecule has 4 rings (SSSR count). The maximum atomic E-state index is 12.5. The summed E-state index contributed by atoms with van der Waals surface area (Å²) >= 11 is 1.96. The van der Waals surface area contributed by atoms with Crippen LogP contribution in [0.1, 0.15) is 39.9 Å². The van der Waals surface area contributed by atoms with E-state index in [1.165, 1.54) is 27.8 Å². The zero-order valence-electron chi connectivity index (χ0n) is 11.3. The first kappa shape index (κ1) is 12.2. The van der Waals surface area contributed by atoms with Crippen LogP contribution in [-0.4, -0.2) is 5.78 Å². The van der Waals surface area contributed by atoms with E-state index in [1.807, 2.05) is 17.8 Å². The summed E-state index contributed by atoms with van der Waals surface area (Å²) in [5, 5.41) is 0. The molecule has 1 aliphatic heterocycles. The van der Waals surface area contributed by atoms with E-state index in [0.717, 1.165) is 29.9 Å². The summed E-state index contributed by atoms with van der Waals surface area (Å²) in [6, 6.07) is 12.7. The number of benzene rings is 2. The van der Waals surface area contributed by atoms with Crippen LogP contribution in [0.5, 0.6) is 0 Å². The summed E-state index contributed by atoms with van der Waals surface area (Å²) in [6.07, 6.45) is 2.77. The van der Waals surface area contributed by atoms with Crippen LogP contribution in [0.4, 0.5) is 0 Å². The molecule has 0 aromatic heterocycles. The van der Waals surface area contributed by atoms with Crippen LogP contribution in [0.2, 0.25) is 0 Å². The second-order valence-electron chi connectivity index (χ2n) is 5.56. The minimum absolute atomic E-state index is 0.338. The molecular weight excluding hydrogens is 264 g/mol. The monoisotopic (exact) mass is 280 g/mol. The molecule has 0 saturated carbocycles.